The number of carbonyl (C=O) groups is 1. The average molecular weight is 373 g/mol. The Kier molecular flexibility index (Phi) is 5.28. The van der Waals surface area contributed by atoms with Crippen LogP contribution >= 0.6 is 0 Å². The molecule has 142 valence electrons. The Morgan fingerprint density at radius 1 is 1.14 bits per heavy atom. The number of rotatable bonds is 3. The van der Waals surface area contributed by atoms with Gasteiger partial charge < -0.3 is 10.2 Å². The summed E-state index contributed by atoms with van der Waals surface area (Å²) >= 11 is 0. The molecule has 0 spiro atoms. The Bertz CT molecular complexity index is 1030. The van der Waals surface area contributed by atoms with Gasteiger partial charge in [0.05, 0.1) is 11.7 Å². The highest BCUT2D eigenvalue weighted by atomic mass is 16.1. The van der Waals surface area contributed by atoms with E-state index in [9.17, 15) is 4.79 Å². The third-order valence-corrected chi connectivity index (χ3v) is 4.94. The van der Waals surface area contributed by atoms with Gasteiger partial charge in [0.1, 0.15) is 18.0 Å². The summed E-state index contributed by atoms with van der Waals surface area (Å²) in [6.07, 6.45) is 11.0. The van der Waals surface area contributed by atoms with E-state index in [2.05, 4.69) is 49.4 Å². The number of fused-ring (bicyclic) bond motifs is 2. The molecule has 3 heterocycles. The maximum atomic E-state index is 11.9. The SMILES string of the molecule is CC=CC(=O)Nc1cc2c(N3CCCCCc4ccccc43)ncnc2cn1. The molecule has 0 saturated heterocycles. The quantitative estimate of drug-likeness (QED) is 0.689. The Balaban J connectivity index is 1.81. The van der Waals surface area contributed by atoms with Crippen molar-refractivity contribution in [3.8, 4) is 0 Å². The largest absolute Gasteiger partial charge is 0.326 e. The molecule has 6 heteroatoms. The number of nitrogens with zero attached hydrogens (tertiary/aromatic N) is 4. The van der Waals surface area contributed by atoms with Crippen molar-refractivity contribution >= 4 is 34.1 Å². The lowest BCUT2D eigenvalue weighted by Gasteiger charge is -2.29. The van der Waals surface area contributed by atoms with Gasteiger partial charge in [-0.05, 0) is 50.0 Å². The lowest BCUT2D eigenvalue weighted by Crippen LogP contribution is -2.23. The van der Waals surface area contributed by atoms with Gasteiger partial charge in [0.15, 0.2) is 0 Å². The molecule has 0 radical (unpaired) electrons. The molecule has 6 nitrogen and oxygen atoms in total. The zero-order valence-corrected chi connectivity index (χ0v) is 15.9. The van der Waals surface area contributed by atoms with Crippen LogP contribution in [0.1, 0.15) is 31.7 Å². The summed E-state index contributed by atoms with van der Waals surface area (Å²) in [5, 5.41) is 3.67. The molecule has 1 N–H and O–H groups in total. The van der Waals surface area contributed by atoms with E-state index in [-0.39, 0.29) is 5.91 Å². The van der Waals surface area contributed by atoms with Crippen LogP contribution in [0.15, 0.2) is 55.0 Å². The van der Waals surface area contributed by atoms with E-state index in [1.807, 2.05) is 6.07 Å². The first-order chi connectivity index (χ1) is 13.8. The van der Waals surface area contributed by atoms with E-state index in [4.69, 9.17) is 0 Å². The number of amides is 1. The minimum Gasteiger partial charge on any atom is -0.326 e. The summed E-state index contributed by atoms with van der Waals surface area (Å²) in [5.41, 5.74) is 3.29. The molecule has 1 aliphatic rings. The second-order valence-corrected chi connectivity index (χ2v) is 6.86. The average Bonchev–Trinajstić information content (AvgIpc) is 2.69. The molecule has 28 heavy (non-hydrogen) atoms. The third-order valence-electron chi connectivity index (χ3n) is 4.94. The van der Waals surface area contributed by atoms with Gasteiger partial charge >= 0.3 is 0 Å². The van der Waals surface area contributed by atoms with Crippen LogP contribution in [0.25, 0.3) is 10.9 Å². The summed E-state index contributed by atoms with van der Waals surface area (Å²) in [6, 6.07) is 10.4. The number of benzene rings is 1. The molecule has 1 amide bonds. The molecule has 4 rings (SSSR count). The first kappa shape index (κ1) is 18.1. The highest BCUT2D eigenvalue weighted by Gasteiger charge is 2.19. The fourth-order valence-electron chi connectivity index (χ4n) is 3.64. The summed E-state index contributed by atoms with van der Waals surface area (Å²) < 4.78 is 0. The number of para-hydroxylation sites is 1. The number of hydrogen-bond acceptors (Lipinski definition) is 5. The van der Waals surface area contributed by atoms with Gasteiger partial charge in [0.25, 0.3) is 0 Å². The van der Waals surface area contributed by atoms with Crippen molar-refractivity contribution in [2.75, 3.05) is 16.8 Å². The fraction of sp³-hybridized carbons (Fsp3) is 0.273. The van der Waals surface area contributed by atoms with E-state index >= 15 is 0 Å². The third kappa shape index (κ3) is 3.71. The van der Waals surface area contributed by atoms with E-state index < -0.39 is 0 Å². The van der Waals surface area contributed by atoms with E-state index in [0.29, 0.717) is 5.82 Å². The van der Waals surface area contributed by atoms with Gasteiger partial charge in [0, 0.05) is 17.6 Å². The minimum atomic E-state index is -0.204. The Labute approximate surface area is 164 Å². The molecule has 1 aromatic carbocycles. The monoisotopic (exact) mass is 373 g/mol. The van der Waals surface area contributed by atoms with E-state index in [1.54, 1.807) is 25.5 Å². The summed E-state index contributed by atoms with van der Waals surface area (Å²) in [7, 11) is 0. The lowest BCUT2D eigenvalue weighted by molar-refractivity contribution is -0.111. The van der Waals surface area contributed by atoms with Crippen LogP contribution in [0, 0.1) is 0 Å². The molecule has 0 bridgehead atoms. The number of aromatic nitrogens is 3. The van der Waals surface area contributed by atoms with E-state index in [1.165, 1.54) is 30.2 Å². The van der Waals surface area contributed by atoms with Crippen molar-refractivity contribution in [2.45, 2.75) is 32.6 Å². The summed E-state index contributed by atoms with van der Waals surface area (Å²) in [4.78, 5) is 27.5. The molecule has 0 fully saturated rings. The number of anilines is 3. The van der Waals surface area contributed by atoms with Crippen LogP contribution in [0.3, 0.4) is 0 Å². The highest BCUT2D eigenvalue weighted by Crippen LogP contribution is 2.34. The number of allylic oxidation sites excluding steroid dienone is 1. The summed E-state index contributed by atoms with van der Waals surface area (Å²) in [6.45, 7) is 2.70. The normalized spacial score (nSPS) is 14.5. The smallest absolute Gasteiger partial charge is 0.249 e. The molecule has 0 unspecified atom stereocenters. The van der Waals surface area contributed by atoms with Crippen molar-refractivity contribution < 1.29 is 4.79 Å². The number of aryl methyl sites for hydroxylation is 1. The Morgan fingerprint density at radius 3 is 2.93 bits per heavy atom. The van der Waals surface area contributed by atoms with Crippen LogP contribution in [0.2, 0.25) is 0 Å². The van der Waals surface area contributed by atoms with Gasteiger partial charge in [-0.25, -0.2) is 15.0 Å². The number of nitrogens with one attached hydrogen (secondary N) is 1. The maximum absolute atomic E-state index is 11.9. The van der Waals surface area contributed by atoms with Crippen LogP contribution in [0.4, 0.5) is 17.3 Å². The van der Waals surface area contributed by atoms with Crippen molar-refractivity contribution in [2.24, 2.45) is 0 Å². The van der Waals surface area contributed by atoms with Crippen molar-refractivity contribution in [3.05, 3.63) is 60.6 Å². The first-order valence-electron chi connectivity index (χ1n) is 9.66. The van der Waals surface area contributed by atoms with Crippen LogP contribution < -0.4 is 10.2 Å². The van der Waals surface area contributed by atoms with Gasteiger partial charge in [-0.3, -0.25) is 4.79 Å². The molecule has 0 atom stereocenters. The second kappa shape index (κ2) is 8.17. The Morgan fingerprint density at radius 2 is 2.04 bits per heavy atom. The molecule has 3 aromatic rings. The molecule has 2 aromatic heterocycles. The predicted molar refractivity (Wildman–Crippen MR) is 112 cm³/mol. The van der Waals surface area contributed by atoms with Crippen molar-refractivity contribution in [1.82, 2.24) is 15.0 Å². The Hall–Kier alpha value is -3.28. The van der Waals surface area contributed by atoms with Crippen LogP contribution in [-0.4, -0.2) is 27.4 Å². The number of pyridine rings is 1. The number of hydrogen-bond donors (Lipinski definition) is 1. The maximum Gasteiger partial charge on any atom is 0.249 e. The van der Waals surface area contributed by atoms with Gasteiger partial charge in [0.2, 0.25) is 5.91 Å². The summed E-state index contributed by atoms with van der Waals surface area (Å²) in [5.74, 6) is 1.14. The molecule has 0 saturated carbocycles. The second-order valence-electron chi connectivity index (χ2n) is 6.86. The minimum absolute atomic E-state index is 0.204. The topological polar surface area (TPSA) is 71.0 Å². The molecule has 1 aliphatic heterocycles. The van der Waals surface area contributed by atoms with Gasteiger partial charge in [-0.15, -0.1) is 0 Å². The highest BCUT2D eigenvalue weighted by molar-refractivity contribution is 6.00. The molecular weight excluding hydrogens is 350 g/mol. The van der Waals surface area contributed by atoms with Crippen LogP contribution in [0.5, 0.6) is 0 Å². The number of carbonyl (C=O) groups excluding carboxylic acids is 1. The van der Waals surface area contributed by atoms with Crippen molar-refractivity contribution in [3.63, 3.8) is 0 Å². The lowest BCUT2D eigenvalue weighted by atomic mass is 10.0. The first-order valence-corrected chi connectivity index (χ1v) is 9.66. The fourth-order valence-corrected chi connectivity index (χ4v) is 3.64. The predicted octanol–water partition coefficient (Wildman–Crippen LogP) is 4.40. The van der Waals surface area contributed by atoms with Gasteiger partial charge in [-0.1, -0.05) is 30.7 Å². The van der Waals surface area contributed by atoms with Crippen molar-refractivity contribution in [1.29, 1.82) is 0 Å². The van der Waals surface area contributed by atoms with Crippen LogP contribution in [-0.2, 0) is 11.2 Å². The van der Waals surface area contributed by atoms with E-state index in [0.717, 1.165) is 36.1 Å². The standard InChI is InChI=1S/C22H23N5O/c1-2-8-21(28)26-20-13-17-18(14-23-20)24-15-25-22(17)27-12-7-3-4-9-16-10-5-6-11-19(16)27/h2,5-6,8,10-11,13-15H,3-4,7,9,12H2,1H3,(H,23,26,28). The molecular formula is C22H23N5O. The zero-order chi connectivity index (χ0) is 19.3. The molecule has 0 aliphatic carbocycles. The zero-order valence-electron chi connectivity index (χ0n) is 15.9. The van der Waals surface area contributed by atoms with Gasteiger partial charge in [-0.2, -0.15) is 0 Å².